The third kappa shape index (κ3) is 4.59. The lowest BCUT2D eigenvalue weighted by atomic mass is 10.1. The Kier molecular flexibility index (Phi) is 5.99. The van der Waals surface area contributed by atoms with Gasteiger partial charge in [0.15, 0.2) is 5.76 Å². The molecule has 0 unspecified atom stereocenters. The fourth-order valence-electron chi connectivity index (χ4n) is 3.72. The molecule has 0 bridgehead atoms. The summed E-state index contributed by atoms with van der Waals surface area (Å²) in [7, 11) is 0. The van der Waals surface area contributed by atoms with Gasteiger partial charge in [0.25, 0.3) is 11.6 Å². The number of amides is 1. The number of nitro benzene ring substituents is 1. The Morgan fingerprint density at radius 1 is 1.03 bits per heavy atom. The van der Waals surface area contributed by atoms with Crippen LogP contribution in [0.5, 0.6) is 0 Å². The van der Waals surface area contributed by atoms with Crippen LogP contribution in [0.3, 0.4) is 0 Å². The molecule has 8 heteroatoms. The Hall–Kier alpha value is -3.65. The maximum atomic E-state index is 12.6. The van der Waals surface area contributed by atoms with E-state index in [2.05, 4.69) is 22.0 Å². The van der Waals surface area contributed by atoms with Gasteiger partial charge in [-0.3, -0.25) is 14.9 Å². The van der Waals surface area contributed by atoms with E-state index in [0.717, 1.165) is 38.4 Å². The minimum absolute atomic E-state index is 0.0702. The molecule has 1 N–H and O–H groups in total. The number of carbonyl (C=O) groups excluding carboxylic acids is 1. The Balaban J connectivity index is 1.42. The number of rotatable bonds is 6. The summed E-state index contributed by atoms with van der Waals surface area (Å²) in [4.78, 5) is 28.1. The highest BCUT2D eigenvalue weighted by Gasteiger charge is 2.20. The lowest BCUT2D eigenvalue weighted by Crippen LogP contribution is -2.46. The Labute approximate surface area is 180 Å². The Morgan fingerprint density at radius 2 is 1.74 bits per heavy atom. The first-order valence-electron chi connectivity index (χ1n) is 10.3. The van der Waals surface area contributed by atoms with Crippen molar-refractivity contribution in [2.75, 3.05) is 42.9 Å². The summed E-state index contributed by atoms with van der Waals surface area (Å²) in [5, 5.41) is 14.0. The number of nitrogens with one attached hydrogen (secondary N) is 1. The maximum absolute atomic E-state index is 12.6. The molecule has 0 radical (unpaired) electrons. The lowest BCUT2D eigenvalue weighted by Gasteiger charge is -2.35. The summed E-state index contributed by atoms with van der Waals surface area (Å²) in [6.45, 7) is 7.33. The zero-order chi connectivity index (χ0) is 21.8. The van der Waals surface area contributed by atoms with Crippen molar-refractivity contribution < 1.29 is 14.1 Å². The van der Waals surface area contributed by atoms with Crippen molar-refractivity contribution in [2.24, 2.45) is 0 Å². The standard InChI is InChI=1S/C23H24N4O4/c1-2-25-13-15-26(16-14-25)18-9-7-17(8-10-18)24-23(28)22-12-11-21(31-22)19-5-3-4-6-20(19)27(29)30/h3-12H,2,13-16H2,1H3,(H,24,28). The monoisotopic (exact) mass is 420 g/mol. The van der Waals surface area contributed by atoms with Gasteiger partial charge in [-0.15, -0.1) is 0 Å². The zero-order valence-corrected chi connectivity index (χ0v) is 17.3. The van der Waals surface area contributed by atoms with Crippen LogP contribution in [0, 0.1) is 10.1 Å². The molecule has 1 aliphatic heterocycles. The van der Waals surface area contributed by atoms with Gasteiger partial charge in [-0.2, -0.15) is 0 Å². The highest BCUT2D eigenvalue weighted by Crippen LogP contribution is 2.31. The van der Waals surface area contributed by atoms with Gasteiger partial charge in [-0.1, -0.05) is 19.1 Å². The molecule has 31 heavy (non-hydrogen) atoms. The molecule has 2 aromatic carbocycles. The topological polar surface area (TPSA) is 91.9 Å². The number of benzene rings is 2. The van der Waals surface area contributed by atoms with E-state index in [1.165, 1.54) is 12.1 Å². The molecular weight excluding hydrogens is 396 g/mol. The minimum atomic E-state index is -0.471. The van der Waals surface area contributed by atoms with E-state index in [0.29, 0.717) is 11.3 Å². The van der Waals surface area contributed by atoms with Crippen molar-refractivity contribution in [2.45, 2.75) is 6.92 Å². The molecule has 0 saturated carbocycles. The molecule has 0 aliphatic carbocycles. The second kappa shape index (κ2) is 9.01. The molecular formula is C23H24N4O4. The number of carbonyl (C=O) groups is 1. The van der Waals surface area contributed by atoms with E-state index in [1.54, 1.807) is 24.3 Å². The molecule has 1 amide bonds. The van der Waals surface area contributed by atoms with Crippen LogP contribution in [0.15, 0.2) is 65.1 Å². The first kappa shape index (κ1) is 20.6. The molecule has 1 fully saturated rings. The summed E-state index contributed by atoms with van der Waals surface area (Å²) >= 11 is 0. The van der Waals surface area contributed by atoms with Gasteiger partial charge in [-0.05, 0) is 49.0 Å². The summed E-state index contributed by atoms with van der Waals surface area (Å²) in [6.07, 6.45) is 0. The molecule has 3 aromatic rings. The Morgan fingerprint density at radius 3 is 2.42 bits per heavy atom. The van der Waals surface area contributed by atoms with Gasteiger partial charge >= 0.3 is 0 Å². The number of anilines is 2. The zero-order valence-electron chi connectivity index (χ0n) is 17.3. The SMILES string of the molecule is CCN1CCN(c2ccc(NC(=O)c3ccc(-c4ccccc4[N+](=O)[O-])o3)cc2)CC1. The smallest absolute Gasteiger partial charge is 0.291 e. The van der Waals surface area contributed by atoms with Crippen LogP contribution in [-0.2, 0) is 0 Å². The van der Waals surface area contributed by atoms with E-state index in [4.69, 9.17) is 4.42 Å². The summed E-state index contributed by atoms with van der Waals surface area (Å²) in [5.41, 5.74) is 2.05. The number of hydrogen-bond donors (Lipinski definition) is 1. The fourth-order valence-corrected chi connectivity index (χ4v) is 3.72. The third-order valence-electron chi connectivity index (χ3n) is 5.51. The molecule has 4 rings (SSSR count). The Bertz CT molecular complexity index is 1070. The predicted molar refractivity (Wildman–Crippen MR) is 120 cm³/mol. The number of para-hydroxylation sites is 1. The number of piperazine rings is 1. The fraction of sp³-hybridized carbons (Fsp3) is 0.261. The van der Waals surface area contributed by atoms with Crippen LogP contribution in [0.4, 0.5) is 17.1 Å². The minimum Gasteiger partial charge on any atom is -0.451 e. The van der Waals surface area contributed by atoms with E-state index in [9.17, 15) is 14.9 Å². The summed E-state index contributed by atoms with van der Waals surface area (Å²) in [6, 6.07) is 17.1. The van der Waals surface area contributed by atoms with E-state index < -0.39 is 10.8 Å². The van der Waals surface area contributed by atoms with E-state index >= 15 is 0 Å². The molecule has 1 aliphatic rings. The van der Waals surface area contributed by atoms with Crippen LogP contribution in [0.25, 0.3) is 11.3 Å². The molecule has 2 heterocycles. The average molecular weight is 420 g/mol. The normalized spacial score (nSPS) is 14.4. The second-order valence-electron chi connectivity index (χ2n) is 7.36. The van der Waals surface area contributed by atoms with Crippen molar-refractivity contribution in [3.8, 4) is 11.3 Å². The molecule has 1 saturated heterocycles. The number of nitrogens with zero attached hydrogens (tertiary/aromatic N) is 3. The number of nitro groups is 1. The van der Waals surface area contributed by atoms with Crippen molar-refractivity contribution in [3.05, 3.63) is 76.5 Å². The van der Waals surface area contributed by atoms with Gasteiger partial charge in [-0.25, -0.2) is 0 Å². The highest BCUT2D eigenvalue weighted by atomic mass is 16.6. The molecule has 160 valence electrons. The van der Waals surface area contributed by atoms with Gasteiger partial charge in [0, 0.05) is 43.6 Å². The van der Waals surface area contributed by atoms with Gasteiger partial charge < -0.3 is 19.5 Å². The van der Waals surface area contributed by atoms with Gasteiger partial charge in [0.2, 0.25) is 0 Å². The molecule has 0 atom stereocenters. The quantitative estimate of drug-likeness (QED) is 0.473. The molecule has 1 aromatic heterocycles. The van der Waals surface area contributed by atoms with Crippen LogP contribution < -0.4 is 10.2 Å². The molecule has 0 spiro atoms. The largest absolute Gasteiger partial charge is 0.451 e. The average Bonchev–Trinajstić information content (AvgIpc) is 3.30. The van der Waals surface area contributed by atoms with Crippen LogP contribution in [0.1, 0.15) is 17.5 Å². The number of hydrogen-bond acceptors (Lipinski definition) is 6. The summed E-state index contributed by atoms with van der Waals surface area (Å²) in [5.74, 6) is -0.0407. The van der Waals surface area contributed by atoms with Crippen molar-refractivity contribution in [1.82, 2.24) is 4.90 Å². The van der Waals surface area contributed by atoms with Crippen LogP contribution in [-0.4, -0.2) is 48.5 Å². The second-order valence-corrected chi connectivity index (χ2v) is 7.36. The van der Waals surface area contributed by atoms with Gasteiger partial charge in [0.1, 0.15) is 5.76 Å². The van der Waals surface area contributed by atoms with Crippen molar-refractivity contribution in [1.29, 1.82) is 0 Å². The van der Waals surface area contributed by atoms with Crippen LogP contribution in [0.2, 0.25) is 0 Å². The number of furan rings is 1. The third-order valence-corrected chi connectivity index (χ3v) is 5.51. The maximum Gasteiger partial charge on any atom is 0.291 e. The highest BCUT2D eigenvalue weighted by molar-refractivity contribution is 6.02. The van der Waals surface area contributed by atoms with E-state index in [-0.39, 0.29) is 17.2 Å². The first-order chi connectivity index (χ1) is 15.0. The van der Waals surface area contributed by atoms with E-state index in [1.807, 2.05) is 24.3 Å². The van der Waals surface area contributed by atoms with Gasteiger partial charge in [0.05, 0.1) is 10.5 Å². The van der Waals surface area contributed by atoms with Crippen molar-refractivity contribution >= 4 is 23.0 Å². The molecule has 8 nitrogen and oxygen atoms in total. The first-order valence-corrected chi connectivity index (χ1v) is 10.3. The predicted octanol–water partition coefficient (Wildman–Crippen LogP) is 4.25. The summed E-state index contributed by atoms with van der Waals surface area (Å²) < 4.78 is 5.60. The van der Waals surface area contributed by atoms with Crippen molar-refractivity contribution in [3.63, 3.8) is 0 Å². The number of likely N-dealkylation sites (N-methyl/N-ethyl adjacent to an activating group) is 1. The lowest BCUT2D eigenvalue weighted by molar-refractivity contribution is -0.384. The van der Waals surface area contributed by atoms with Crippen LogP contribution >= 0.6 is 0 Å².